The summed E-state index contributed by atoms with van der Waals surface area (Å²) in [6.45, 7) is 1.53. The molecule has 6 heteroatoms. The van der Waals surface area contributed by atoms with Gasteiger partial charge in [0.15, 0.2) is 0 Å². The standard InChI is InChI=1S/C11H16N6/c12-6-2-1-3-8-17-15-11(14-16-17)10-5-4-7-13-9-10/h4-5,7,9H,1-3,6,8,12H2. The lowest BCUT2D eigenvalue weighted by molar-refractivity contribution is 0.483. The number of unbranched alkanes of at least 4 members (excludes halogenated alkanes) is 2. The van der Waals surface area contributed by atoms with Crippen LogP contribution in [0.2, 0.25) is 0 Å². The third kappa shape index (κ3) is 3.32. The van der Waals surface area contributed by atoms with Crippen molar-refractivity contribution in [1.82, 2.24) is 25.2 Å². The molecule has 0 aliphatic carbocycles. The number of aryl methyl sites for hydroxylation is 1. The number of rotatable bonds is 6. The monoisotopic (exact) mass is 232 g/mol. The van der Waals surface area contributed by atoms with Crippen molar-refractivity contribution in [2.24, 2.45) is 5.73 Å². The van der Waals surface area contributed by atoms with Crippen molar-refractivity contribution in [3.8, 4) is 11.4 Å². The van der Waals surface area contributed by atoms with Gasteiger partial charge in [-0.25, -0.2) is 0 Å². The Morgan fingerprint density at radius 1 is 1.24 bits per heavy atom. The number of aromatic nitrogens is 5. The van der Waals surface area contributed by atoms with E-state index in [4.69, 9.17) is 5.73 Å². The van der Waals surface area contributed by atoms with E-state index in [-0.39, 0.29) is 0 Å². The second-order valence-corrected chi connectivity index (χ2v) is 3.80. The molecule has 0 aliphatic heterocycles. The maximum absolute atomic E-state index is 5.43. The number of nitrogens with two attached hydrogens (primary N) is 1. The summed E-state index contributed by atoms with van der Waals surface area (Å²) in [4.78, 5) is 5.65. The first kappa shape index (κ1) is 11.7. The van der Waals surface area contributed by atoms with Crippen LogP contribution in [0.15, 0.2) is 24.5 Å². The number of hydrogen-bond acceptors (Lipinski definition) is 5. The summed E-state index contributed by atoms with van der Waals surface area (Å²) in [5.74, 6) is 0.622. The van der Waals surface area contributed by atoms with Crippen LogP contribution in [0.1, 0.15) is 19.3 Å². The smallest absolute Gasteiger partial charge is 0.206 e. The van der Waals surface area contributed by atoms with Crippen LogP contribution < -0.4 is 5.73 Å². The van der Waals surface area contributed by atoms with Crippen LogP contribution >= 0.6 is 0 Å². The molecule has 0 unspecified atom stereocenters. The molecular weight excluding hydrogens is 216 g/mol. The third-order valence-corrected chi connectivity index (χ3v) is 2.43. The molecule has 0 aliphatic rings. The molecule has 6 nitrogen and oxygen atoms in total. The molecule has 90 valence electrons. The predicted molar refractivity (Wildman–Crippen MR) is 64.0 cm³/mol. The molecule has 0 fully saturated rings. The highest BCUT2D eigenvalue weighted by Crippen LogP contribution is 2.10. The lowest BCUT2D eigenvalue weighted by Crippen LogP contribution is -2.04. The zero-order chi connectivity index (χ0) is 11.9. The zero-order valence-electron chi connectivity index (χ0n) is 9.66. The predicted octanol–water partition coefficient (Wildman–Crippen LogP) is 0.864. The Bertz CT molecular complexity index is 438. The quantitative estimate of drug-likeness (QED) is 0.747. The molecule has 0 atom stereocenters. The van der Waals surface area contributed by atoms with Crippen LogP contribution in [0.5, 0.6) is 0 Å². The molecule has 17 heavy (non-hydrogen) atoms. The summed E-state index contributed by atoms with van der Waals surface area (Å²) in [6.07, 6.45) is 6.63. The highest BCUT2D eigenvalue weighted by Gasteiger charge is 2.04. The Kier molecular flexibility index (Phi) is 4.15. The first-order chi connectivity index (χ1) is 8.40. The van der Waals surface area contributed by atoms with E-state index < -0.39 is 0 Å². The summed E-state index contributed by atoms with van der Waals surface area (Å²) < 4.78 is 0. The number of tetrazole rings is 1. The van der Waals surface area contributed by atoms with Crippen molar-refractivity contribution >= 4 is 0 Å². The number of pyridine rings is 1. The van der Waals surface area contributed by atoms with Gasteiger partial charge < -0.3 is 5.73 Å². The summed E-state index contributed by atoms with van der Waals surface area (Å²) >= 11 is 0. The van der Waals surface area contributed by atoms with Crippen LogP contribution in [0, 0.1) is 0 Å². The fourth-order valence-electron chi connectivity index (χ4n) is 1.52. The zero-order valence-corrected chi connectivity index (χ0v) is 9.66. The van der Waals surface area contributed by atoms with E-state index in [1.54, 1.807) is 17.2 Å². The molecule has 2 N–H and O–H groups in total. The van der Waals surface area contributed by atoms with Gasteiger partial charge in [0.25, 0.3) is 0 Å². The SMILES string of the molecule is NCCCCCn1nnc(-c2cccnc2)n1. The van der Waals surface area contributed by atoms with Gasteiger partial charge in [-0.05, 0) is 36.7 Å². The van der Waals surface area contributed by atoms with Crippen molar-refractivity contribution < 1.29 is 0 Å². The van der Waals surface area contributed by atoms with E-state index >= 15 is 0 Å². The van der Waals surface area contributed by atoms with Crippen molar-refractivity contribution in [2.75, 3.05) is 6.54 Å². The second kappa shape index (κ2) is 6.05. The molecule has 0 saturated carbocycles. The summed E-state index contributed by atoms with van der Waals surface area (Å²) in [7, 11) is 0. The minimum atomic E-state index is 0.622. The van der Waals surface area contributed by atoms with E-state index in [1.165, 1.54) is 0 Å². The van der Waals surface area contributed by atoms with Gasteiger partial charge >= 0.3 is 0 Å². The lowest BCUT2D eigenvalue weighted by Gasteiger charge is -1.97. The second-order valence-electron chi connectivity index (χ2n) is 3.80. The maximum atomic E-state index is 5.43. The van der Waals surface area contributed by atoms with Crippen molar-refractivity contribution in [2.45, 2.75) is 25.8 Å². The van der Waals surface area contributed by atoms with Gasteiger partial charge in [0.2, 0.25) is 5.82 Å². The average molecular weight is 232 g/mol. The summed E-state index contributed by atoms with van der Waals surface area (Å²) in [5, 5.41) is 12.3. The van der Waals surface area contributed by atoms with Crippen LogP contribution in [0.4, 0.5) is 0 Å². The molecule has 2 aromatic heterocycles. The Balaban J connectivity index is 1.92. The molecule has 2 rings (SSSR count). The highest BCUT2D eigenvalue weighted by molar-refractivity contribution is 5.51. The Morgan fingerprint density at radius 3 is 2.94 bits per heavy atom. The molecule has 0 spiro atoms. The largest absolute Gasteiger partial charge is 0.330 e. The first-order valence-corrected chi connectivity index (χ1v) is 5.78. The lowest BCUT2D eigenvalue weighted by atomic mass is 10.2. The molecule has 2 aromatic rings. The fraction of sp³-hybridized carbons (Fsp3) is 0.455. The van der Waals surface area contributed by atoms with Gasteiger partial charge in [-0.2, -0.15) is 4.80 Å². The van der Waals surface area contributed by atoms with Crippen LogP contribution in [0.25, 0.3) is 11.4 Å². The third-order valence-electron chi connectivity index (χ3n) is 2.43. The van der Waals surface area contributed by atoms with Gasteiger partial charge in [0.05, 0.1) is 6.54 Å². The van der Waals surface area contributed by atoms with Crippen LogP contribution in [0.3, 0.4) is 0 Å². The maximum Gasteiger partial charge on any atom is 0.206 e. The van der Waals surface area contributed by atoms with Crippen molar-refractivity contribution in [1.29, 1.82) is 0 Å². The Morgan fingerprint density at radius 2 is 2.18 bits per heavy atom. The van der Waals surface area contributed by atoms with Crippen LogP contribution in [-0.2, 0) is 6.54 Å². The molecule has 0 aromatic carbocycles. The minimum absolute atomic E-state index is 0.622. The van der Waals surface area contributed by atoms with Crippen molar-refractivity contribution in [3.05, 3.63) is 24.5 Å². The first-order valence-electron chi connectivity index (χ1n) is 5.78. The van der Waals surface area contributed by atoms with E-state index in [0.717, 1.165) is 37.9 Å². The normalized spacial score (nSPS) is 10.6. The summed E-state index contributed by atoms with van der Waals surface area (Å²) in [6, 6.07) is 3.78. The van der Waals surface area contributed by atoms with Gasteiger partial charge in [-0.1, -0.05) is 6.42 Å². The highest BCUT2D eigenvalue weighted by atomic mass is 15.6. The molecule has 0 bridgehead atoms. The summed E-state index contributed by atoms with van der Waals surface area (Å²) in [5.41, 5.74) is 6.32. The minimum Gasteiger partial charge on any atom is -0.330 e. The van der Waals surface area contributed by atoms with E-state index in [9.17, 15) is 0 Å². The van der Waals surface area contributed by atoms with Gasteiger partial charge in [-0.3, -0.25) is 4.98 Å². The molecule has 0 amide bonds. The molecular formula is C11H16N6. The molecule has 2 heterocycles. The van der Waals surface area contributed by atoms with Gasteiger partial charge in [-0.15, -0.1) is 10.2 Å². The van der Waals surface area contributed by atoms with E-state index in [1.807, 2.05) is 12.1 Å². The van der Waals surface area contributed by atoms with Gasteiger partial charge in [0, 0.05) is 18.0 Å². The molecule has 0 radical (unpaired) electrons. The Hall–Kier alpha value is -1.82. The van der Waals surface area contributed by atoms with Crippen molar-refractivity contribution in [3.63, 3.8) is 0 Å². The number of hydrogen-bond donors (Lipinski definition) is 1. The van der Waals surface area contributed by atoms with Gasteiger partial charge in [0.1, 0.15) is 0 Å². The van der Waals surface area contributed by atoms with E-state index in [2.05, 4.69) is 20.4 Å². The van der Waals surface area contributed by atoms with E-state index in [0.29, 0.717) is 5.82 Å². The number of nitrogens with zero attached hydrogens (tertiary/aromatic N) is 5. The molecule has 0 saturated heterocycles. The average Bonchev–Trinajstić information content (AvgIpc) is 2.85. The van der Waals surface area contributed by atoms with Crippen LogP contribution in [-0.4, -0.2) is 31.7 Å². The topological polar surface area (TPSA) is 82.5 Å². The fourth-order valence-corrected chi connectivity index (χ4v) is 1.52. The Labute approximate surface area is 99.9 Å².